The lowest BCUT2D eigenvalue weighted by molar-refractivity contribution is -0.137. The van der Waals surface area contributed by atoms with E-state index in [1.807, 2.05) is 6.08 Å². The molecular formula is C22H40O2. The van der Waals surface area contributed by atoms with Crippen molar-refractivity contribution in [2.75, 3.05) is 6.61 Å². The second kappa shape index (κ2) is 20.0. The van der Waals surface area contributed by atoms with Gasteiger partial charge in [0.15, 0.2) is 0 Å². The summed E-state index contributed by atoms with van der Waals surface area (Å²) in [5.41, 5.74) is 0. The summed E-state index contributed by atoms with van der Waals surface area (Å²) in [5.74, 6) is -0.234. The quantitative estimate of drug-likeness (QED) is 0.122. The molecule has 0 aromatic carbocycles. The van der Waals surface area contributed by atoms with E-state index < -0.39 is 0 Å². The summed E-state index contributed by atoms with van der Waals surface area (Å²) >= 11 is 0. The minimum Gasteiger partial charge on any atom is -0.463 e. The lowest BCUT2D eigenvalue weighted by Crippen LogP contribution is -2.01. The zero-order valence-corrected chi connectivity index (χ0v) is 16.2. The molecule has 0 bridgehead atoms. The van der Waals surface area contributed by atoms with Crippen molar-refractivity contribution < 1.29 is 9.53 Å². The van der Waals surface area contributed by atoms with Crippen LogP contribution in [0.15, 0.2) is 24.3 Å². The smallest absolute Gasteiger partial charge is 0.330 e. The highest BCUT2D eigenvalue weighted by atomic mass is 16.5. The Labute approximate surface area is 150 Å². The van der Waals surface area contributed by atoms with Gasteiger partial charge in [-0.05, 0) is 19.3 Å². The predicted molar refractivity (Wildman–Crippen MR) is 105 cm³/mol. The molecule has 24 heavy (non-hydrogen) atoms. The van der Waals surface area contributed by atoms with Gasteiger partial charge in [-0.15, -0.1) is 0 Å². The van der Waals surface area contributed by atoms with Crippen LogP contribution in [0.25, 0.3) is 0 Å². The van der Waals surface area contributed by atoms with Crippen molar-refractivity contribution in [1.82, 2.24) is 0 Å². The Balaban J connectivity index is 3.27. The molecule has 2 heteroatoms. The van der Waals surface area contributed by atoms with E-state index in [2.05, 4.69) is 19.9 Å². The number of unbranched alkanes of at least 4 members (excludes halogenated alkanes) is 12. The first kappa shape index (κ1) is 22.9. The second-order valence-electron chi connectivity index (χ2n) is 6.63. The molecule has 0 saturated heterocycles. The molecule has 0 aliphatic rings. The van der Waals surface area contributed by atoms with Crippen LogP contribution in [0, 0.1) is 0 Å². The van der Waals surface area contributed by atoms with Crippen LogP contribution in [0.2, 0.25) is 0 Å². The third-order valence-corrected chi connectivity index (χ3v) is 4.20. The highest BCUT2D eigenvalue weighted by Gasteiger charge is 1.94. The topological polar surface area (TPSA) is 26.3 Å². The number of ether oxygens (including phenoxy) is 1. The maximum Gasteiger partial charge on any atom is 0.330 e. The van der Waals surface area contributed by atoms with E-state index in [0.717, 1.165) is 19.3 Å². The zero-order chi connectivity index (χ0) is 17.7. The molecule has 0 heterocycles. The van der Waals surface area contributed by atoms with Gasteiger partial charge in [0.2, 0.25) is 0 Å². The van der Waals surface area contributed by atoms with Crippen molar-refractivity contribution in [3.8, 4) is 0 Å². The van der Waals surface area contributed by atoms with Crippen LogP contribution in [0.1, 0.15) is 104 Å². The number of rotatable bonds is 17. The van der Waals surface area contributed by atoms with Crippen LogP contribution in [0.4, 0.5) is 0 Å². The molecule has 0 aliphatic heterocycles. The van der Waals surface area contributed by atoms with Gasteiger partial charge in [0.05, 0.1) is 6.61 Å². The van der Waals surface area contributed by atoms with Crippen LogP contribution in [-0.2, 0) is 9.53 Å². The molecule has 0 amide bonds. The third kappa shape index (κ3) is 19.0. The normalized spacial score (nSPS) is 11.6. The Hall–Kier alpha value is -1.05. The molecule has 0 rings (SSSR count). The molecule has 0 unspecified atom stereocenters. The predicted octanol–water partition coefficient (Wildman–Crippen LogP) is 7.14. The van der Waals surface area contributed by atoms with Crippen LogP contribution >= 0.6 is 0 Å². The van der Waals surface area contributed by atoms with Gasteiger partial charge in [0.1, 0.15) is 0 Å². The van der Waals surface area contributed by atoms with Gasteiger partial charge >= 0.3 is 5.97 Å². The minimum absolute atomic E-state index is 0.234. The second-order valence-corrected chi connectivity index (χ2v) is 6.63. The van der Waals surface area contributed by atoms with Crippen LogP contribution < -0.4 is 0 Å². The highest BCUT2D eigenvalue weighted by Crippen LogP contribution is 2.11. The molecule has 0 radical (unpaired) electrons. The van der Waals surface area contributed by atoms with Crippen molar-refractivity contribution in [2.24, 2.45) is 0 Å². The molecule has 0 aliphatic carbocycles. The van der Waals surface area contributed by atoms with Crippen molar-refractivity contribution in [2.45, 2.75) is 104 Å². The van der Waals surface area contributed by atoms with E-state index in [1.165, 1.54) is 76.7 Å². The summed E-state index contributed by atoms with van der Waals surface area (Å²) in [4.78, 5) is 11.3. The Bertz CT molecular complexity index is 318. The summed E-state index contributed by atoms with van der Waals surface area (Å²) in [6.07, 6.45) is 25.7. The molecule has 0 aromatic heterocycles. The average Bonchev–Trinajstić information content (AvgIpc) is 2.58. The summed E-state index contributed by atoms with van der Waals surface area (Å²) in [7, 11) is 0. The number of allylic oxidation sites excluding steroid dienone is 3. The molecule has 2 nitrogen and oxygen atoms in total. The largest absolute Gasteiger partial charge is 0.463 e. The Morgan fingerprint density at radius 2 is 1.25 bits per heavy atom. The summed E-state index contributed by atoms with van der Waals surface area (Å²) in [5, 5.41) is 0. The standard InChI is InChI=1S/C22H40O2/c1-3-5-7-8-9-10-11-12-13-14-15-16-17-18-19-20-22(23)24-21-6-4-2/h17-20H,3-16,21H2,1-2H3. The highest BCUT2D eigenvalue weighted by molar-refractivity contribution is 5.82. The fourth-order valence-electron chi connectivity index (χ4n) is 2.60. The van der Waals surface area contributed by atoms with E-state index >= 15 is 0 Å². The van der Waals surface area contributed by atoms with Gasteiger partial charge in [-0.25, -0.2) is 4.79 Å². The number of carbonyl (C=O) groups excluding carboxylic acids is 1. The van der Waals surface area contributed by atoms with Gasteiger partial charge < -0.3 is 4.74 Å². The summed E-state index contributed by atoms with van der Waals surface area (Å²) in [6.45, 7) is 4.89. The van der Waals surface area contributed by atoms with Gasteiger partial charge in [0, 0.05) is 6.08 Å². The van der Waals surface area contributed by atoms with Gasteiger partial charge in [0.25, 0.3) is 0 Å². The maximum atomic E-state index is 11.3. The number of hydrogen-bond acceptors (Lipinski definition) is 2. The van der Waals surface area contributed by atoms with E-state index in [9.17, 15) is 4.79 Å². The molecule has 0 fully saturated rings. The van der Waals surface area contributed by atoms with Crippen LogP contribution in [0.3, 0.4) is 0 Å². The van der Waals surface area contributed by atoms with Gasteiger partial charge in [-0.2, -0.15) is 0 Å². The molecule has 0 aromatic rings. The first-order chi connectivity index (χ1) is 11.8. The molecule has 0 N–H and O–H groups in total. The third-order valence-electron chi connectivity index (χ3n) is 4.20. The Morgan fingerprint density at radius 3 is 1.83 bits per heavy atom. The first-order valence-electron chi connectivity index (χ1n) is 10.3. The minimum atomic E-state index is -0.234. The average molecular weight is 337 g/mol. The first-order valence-corrected chi connectivity index (χ1v) is 10.3. The van der Waals surface area contributed by atoms with E-state index in [1.54, 1.807) is 6.08 Å². The fraction of sp³-hybridized carbons (Fsp3) is 0.773. The summed E-state index contributed by atoms with van der Waals surface area (Å²) < 4.78 is 5.04. The summed E-state index contributed by atoms with van der Waals surface area (Å²) in [6, 6.07) is 0. The van der Waals surface area contributed by atoms with Crippen LogP contribution in [0.5, 0.6) is 0 Å². The molecule has 0 saturated carbocycles. The maximum absolute atomic E-state index is 11.3. The molecule has 0 spiro atoms. The molecule has 0 atom stereocenters. The van der Waals surface area contributed by atoms with Crippen LogP contribution in [-0.4, -0.2) is 12.6 Å². The monoisotopic (exact) mass is 336 g/mol. The number of esters is 1. The SMILES string of the molecule is CCCCCCCCCCCCCC=CC=CC(=O)OCCCC. The van der Waals surface area contributed by atoms with Crippen molar-refractivity contribution in [3.63, 3.8) is 0 Å². The van der Waals surface area contributed by atoms with E-state index in [-0.39, 0.29) is 5.97 Å². The Morgan fingerprint density at radius 1 is 0.708 bits per heavy atom. The number of hydrogen-bond donors (Lipinski definition) is 0. The van der Waals surface area contributed by atoms with Crippen molar-refractivity contribution in [1.29, 1.82) is 0 Å². The number of carbonyl (C=O) groups is 1. The van der Waals surface area contributed by atoms with Crippen molar-refractivity contribution >= 4 is 5.97 Å². The molecule has 140 valence electrons. The fourth-order valence-corrected chi connectivity index (χ4v) is 2.60. The molecular weight excluding hydrogens is 296 g/mol. The van der Waals surface area contributed by atoms with E-state index in [0.29, 0.717) is 6.61 Å². The van der Waals surface area contributed by atoms with Crippen molar-refractivity contribution in [3.05, 3.63) is 24.3 Å². The van der Waals surface area contributed by atoms with E-state index in [4.69, 9.17) is 4.74 Å². The lowest BCUT2D eigenvalue weighted by atomic mass is 10.1. The lowest BCUT2D eigenvalue weighted by Gasteiger charge is -2.01. The van der Waals surface area contributed by atoms with Gasteiger partial charge in [-0.1, -0.05) is 103 Å². The van der Waals surface area contributed by atoms with Gasteiger partial charge in [-0.3, -0.25) is 0 Å². The zero-order valence-electron chi connectivity index (χ0n) is 16.2. The Kier molecular flexibility index (Phi) is 19.1.